The Balaban J connectivity index is 2.34. The number of aromatic hydroxyl groups is 1. The van der Waals surface area contributed by atoms with Crippen LogP contribution in [-0.4, -0.2) is 18.2 Å². The number of rotatable bonds is 2. The minimum Gasteiger partial charge on any atom is -0.506 e. The van der Waals surface area contributed by atoms with Gasteiger partial charge in [0.15, 0.2) is 0 Å². The van der Waals surface area contributed by atoms with Crippen LogP contribution in [0.2, 0.25) is 0 Å². The van der Waals surface area contributed by atoms with Gasteiger partial charge in [0.05, 0.1) is 5.69 Å². The Morgan fingerprint density at radius 1 is 1.50 bits per heavy atom. The van der Waals surface area contributed by atoms with Crippen LogP contribution in [0.25, 0.3) is 0 Å². The van der Waals surface area contributed by atoms with E-state index in [1.54, 1.807) is 6.07 Å². The molecule has 0 aromatic heterocycles. The van der Waals surface area contributed by atoms with Gasteiger partial charge < -0.3 is 16.2 Å². The lowest BCUT2D eigenvalue weighted by Gasteiger charge is -2.26. The second-order valence-electron chi connectivity index (χ2n) is 3.73. The number of phenols is 1. The van der Waals surface area contributed by atoms with Gasteiger partial charge >= 0.3 is 0 Å². The van der Waals surface area contributed by atoms with Crippen LogP contribution in [0.5, 0.6) is 5.75 Å². The number of para-hydroxylation sites is 1. The molecule has 1 aliphatic rings. The Kier molecular flexibility index (Phi) is 2.59. The summed E-state index contributed by atoms with van der Waals surface area (Å²) in [5, 5.41) is 12.9. The molecule has 0 saturated heterocycles. The molecule has 0 amide bonds. The molecular formula is C11H16N2O. The van der Waals surface area contributed by atoms with Crippen LogP contribution in [-0.2, 0) is 0 Å². The second-order valence-corrected chi connectivity index (χ2v) is 3.73. The topological polar surface area (TPSA) is 58.3 Å². The lowest BCUT2D eigenvalue weighted by Crippen LogP contribution is -2.19. The maximum absolute atomic E-state index is 9.65. The number of nitrogens with two attached hydrogens (primary N) is 1. The molecule has 1 aliphatic heterocycles. The first-order valence-corrected chi connectivity index (χ1v) is 5.08. The van der Waals surface area contributed by atoms with Crippen molar-refractivity contribution in [3.63, 3.8) is 0 Å². The first-order chi connectivity index (χ1) is 6.83. The fourth-order valence-corrected chi connectivity index (χ4v) is 2.12. The van der Waals surface area contributed by atoms with Crippen molar-refractivity contribution in [2.45, 2.75) is 18.8 Å². The third kappa shape index (κ3) is 1.55. The monoisotopic (exact) mass is 192 g/mol. The number of phenolic OH excluding ortho intramolecular Hbond substituents is 1. The van der Waals surface area contributed by atoms with Crippen LogP contribution in [0.15, 0.2) is 18.2 Å². The van der Waals surface area contributed by atoms with Crippen molar-refractivity contribution in [2.24, 2.45) is 5.73 Å². The number of hydrogen-bond donors (Lipinski definition) is 3. The van der Waals surface area contributed by atoms with Crippen LogP contribution in [0.1, 0.15) is 24.3 Å². The van der Waals surface area contributed by atoms with E-state index in [1.165, 1.54) is 5.56 Å². The van der Waals surface area contributed by atoms with Crippen LogP contribution in [0.3, 0.4) is 0 Å². The lowest BCUT2D eigenvalue weighted by molar-refractivity contribution is 0.472. The maximum atomic E-state index is 9.65. The molecule has 1 heterocycles. The maximum Gasteiger partial charge on any atom is 0.138 e. The van der Waals surface area contributed by atoms with E-state index in [4.69, 9.17) is 5.73 Å². The van der Waals surface area contributed by atoms with E-state index in [9.17, 15) is 5.11 Å². The molecule has 14 heavy (non-hydrogen) atoms. The van der Waals surface area contributed by atoms with Crippen molar-refractivity contribution < 1.29 is 5.11 Å². The molecule has 0 saturated carbocycles. The van der Waals surface area contributed by atoms with E-state index in [-0.39, 0.29) is 0 Å². The molecule has 1 aromatic carbocycles. The Morgan fingerprint density at radius 3 is 3.14 bits per heavy atom. The normalized spacial score (nSPS) is 19.9. The summed E-state index contributed by atoms with van der Waals surface area (Å²) >= 11 is 0. The molecule has 1 unspecified atom stereocenters. The first kappa shape index (κ1) is 9.34. The number of anilines is 1. The molecule has 0 radical (unpaired) electrons. The van der Waals surface area contributed by atoms with Gasteiger partial charge in [0.1, 0.15) is 5.75 Å². The van der Waals surface area contributed by atoms with Gasteiger partial charge in [-0.15, -0.1) is 0 Å². The molecule has 2 rings (SSSR count). The molecule has 0 aliphatic carbocycles. The molecule has 1 atom stereocenters. The smallest absolute Gasteiger partial charge is 0.138 e. The van der Waals surface area contributed by atoms with Crippen LogP contribution in [0.4, 0.5) is 5.69 Å². The van der Waals surface area contributed by atoms with Gasteiger partial charge in [0.25, 0.3) is 0 Å². The zero-order chi connectivity index (χ0) is 9.97. The summed E-state index contributed by atoms with van der Waals surface area (Å²) < 4.78 is 0. The standard InChI is InChI=1S/C11H16N2O/c12-6-4-8-5-7-13-11-9(8)2-1-3-10(11)14/h1-3,8,13-14H,4-7,12H2. The van der Waals surface area contributed by atoms with E-state index in [0.29, 0.717) is 18.2 Å². The van der Waals surface area contributed by atoms with Crippen molar-refractivity contribution in [3.05, 3.63) is 23.8 Å². The fraction of sp³-hybridized carbons (Fsp3) is 0.455. The van der Waals surface area contributed by atoms with E-state index in [2.05, 4.69) is 11.4 Å². The highest BCUT2D eigenvalue weighted by Crippen LogP contribution is 2.38. The molecule has 3 heteroatoms. The summed E-state index contributed by atoms with van der Waals surface area (Å²) in [7, 11) is 0. The first-order valence-electron chi connectivity index (χ1n) is 5.08. The number of benzene rings is 1. The van der Waals surface area contributed by atoms with Gasteiger partial charge in [0, 0.05) is 6.54 Å². The highest BCUT2D eigenvalue weighted by Gasteiger charge is 2.20. The second kappa shape index (κ2) is 3.88. The highest BCUT2D eigenvalue weighted by atomic mass is 16.3. The average molecular weight is 192 g/mol. The molecule has 76 valence electrons. The Morgan fingerprint density at radius 2 is 2.36 bits per heavy atom. The van der Waals surface area contributed by atoms with E-state index in [0.717, 1.165) is 25.1 Å². The van der Waals surface area contributed by atoms with Gasteiger partial charge in [-0.05, 0) is 36.9 Å². The zero-order valence-electron chi connectivity index (χ0n) is 8.16. The summed E-state index contributed by atoms with van der Waals surface area (Å²) in [5.74, 6) is 0.854. The number of fused-ring (bicyclic) bond motifs is 1. The predicted octanol–water partition coefficient (Wildman–Crippen LogP) is 1.64. The van der Waals surface area contributed by atoms with Gasteiger partial charge in [-0.1, -0.05) is 12.1 Å². The number of hydrogen-bond acceptors (Lipinski definition) is 3. The summed E-state index contributed by atoms with van der Waals surface area (Å²) in [6, 6.07) is 5.68. The largest absolute Gasteiger partial charge is 0.506 e. The van der Waals surface area contributed by atoms with Crippen LogP contribution < -0.4 is 11.1 Å². The predicted molar refractivity (Wildman–Crippen MR) is 57.6 cm³/mol. The minimum absolute atomic E-state index is 0.351. The zero-order valence-corrected chi connectivity index (χ0v) is 8.16. The van der Waals surface area contributed by atoms with E-state index >= 15 is 0 Å². The third-order valence-electron chi connectivity index (χ3n) is 2.82. The van der Waals surface area contributed by atoms with Crippen molar-refractivity contribution in [1.29, 1.82) is 0 Å². The fourth-order valence-electron chi connectivity index (χ4n) is 2.12. The highest BCUT2D eigenvalue weighted by molar-refractivity contribution is 5.63. The Labute approximate surface area is 83.9 Å². The number of nitrogens with one attached hydrogen (secondary N) is 1. The van der Waals surface area contributed by atoms with Crippen molar-refractivity contribution in [1.82, 2.24) is 0 Å². The summed E-state index contributed by atoms with van der Waals surface area (Å²) in [4.78, 5) is 0. The van der Waals surface area contributed by atoms with Gasteiger partial charge in [-0.3, -0.25) is 0 Å². The minimum atomic E-state index is 0.351. The Bertz CT molecular complexity index is 325. The molecule has 4 N–H and O–H groups in total. The van der Waals surface area contributed by atoms with Crippen LogP contribution >= 0.6 is 0 Å². The average Bonchev–Trinajstić information content (AvgIpc) is 2.20. The third-order valence-corrected chi connectivity index (χ3v) is 2.82. The van der Waals surface area contributed by atoms with Gasteiger partial charge in [0.2, 0.25) is 0 Å². The quantitative estimate of drug-likeness (QED) is 0.624. The molecule has 0 fully saturated rings. The molecule has 0 spiro atoms. The van der Waals surface area contributed by atoms with Gasteiger partial charge in [-0.25, -0.2) is 0 Å². The van der Waals surface area contributed by atoms with Crippen molar-refractivity contribution in [3.8, 4) is 5.75 Å². The van der Waals surface area contributed by atoms with Crippen molar-refractivity contribution >= 4 is 5.69 Å². The van der Waals surface area contributed by atoms with Gasteiger partial charge in [-0.2, -0.15) is 0 Å². The summed E-state index contributed by atoms with van der Waals surface area (Å²) in [5.41, 5.74) is 7.68. The summed E-state index contributed by atoms with van der Waals surface area (Å²) in [6.45, 7) is 1.63. The van der Waals surface area contributed by atoms with E-state index < -0.39 is 0 Å². The van der Waals surface area contributed by atoms with Crippen LogP contribution in [0, 0.1) is 0 Å². The summed E-state index contributed by atoms with van der Waals surface area (Å²) in [6.07, 6.45) is 2.10. The molecule has 1 aromatic rings. The van der Waals surface area contributed by atoms with E-state index in [1.807, 2.05) is 6.07 Å². The molecule has 3 nitrogen and oxygen atoms in total. The molecule has 0 bridgehead atoms. The molecular weight excluding hydrogens is 176 g/mol. The SMILES string of the molecule is NCCC1CCNc2c(O)cccc21. The lowest BCUT2D eigenvalue weighted by atomic mass is 9.88. The van der Waals surface area contributed by atoms with Crippen molar-refractivity contribution in [2.75, 3.05) is 18.4 Å². The Hall–Kier alpha value is -1.22.